The van der Waals surface area contributed by atoms with E-state index in [1.165, 1.54) is 69.6 Å². The first-order valence-electron chi connectivity index (χ1n) is 16.7. The fraction of sp³-hybridized carbons (Fsp3) is 0. The molecule has 0 unspecified atom stereocenters. The van der Waals surface area contributed by atoms with Gasteiger partial charge in [0.1, 0.15) is 0 Å². The molecule has 0 saturated carbocycles. The van der Waals surface area contributed by atoms with Crippen molar-refractivity contribution in [1.82, 2.24) is 4.57 Å². The lowest BCUT2D eigenvalue weighted by molar-refractivity contribution is 1.18. The fourth-order valence-electron chi connectivity index (χ4n) is 7.56. The van der Waals surface area contributed by atoms with E-state index >= 15 is 0 Å². The topological polar surface area (TPSA) is 8.17 Å². The molecule has 2 heterocycles. The van der Waals surface area contributed by atoms with E-state index in [9.17, 15) is 0 Å². The molecule has 0 N–H and O–H groups in total. The lowest BCUT2D eigenvalue weighted by atomic mass is 9.98. The van der Waals surface area contributed by atoms with Crippen LogP contribution in [0, 0.1) is 0 Å². The SMILES string of the molecule is c1ccc(N(c2ccc(-c3cccc4ccccc34)cc2)c2cc(-n3c4ccccc4c4ccccc43)cc3c2sc2ccccc23)cc1. The van der Waals surface area contributed by atoms with Crippen molar-refractivity contribution >= 4 is 81.1 Å². The van der Waals surface area contributed by atoms with Crippen LogP contribution in [0.15, 0.2) is 182 Å². The van der Waals surface area contributed by atoms with Crippen LogP contribution in [-0.2, 0) is 0 Å². The summed E-state index contributed by atoms with van der Waals surface area (Å²) in [6, 6.07) is 66.2. The molecule has 0 spiro atoms. The van der Waals surface area contributed by atoms with Crippen LogP contribution in [0.3, 0.4) is 0 Å². The highest BCUT2D eigenvalue weighted by Gasteiger charge is 2.21. The van der Waals surface area contributed by atoms with Crippen LogP contribution in [-0.4, -0.2) is 4.57 Å². The molecule has 0 radical (unpaired) electrons. The molecule has 2 aromatic heterocycles. The maximum absolute atomic E-state index is 2.44. The summed E-state index contributed by atoms with van der Waals surface area (Å²) in [6.45, 7) is 0. The van der Waals surface area contributed by atoms with Crippen LogP contribution in [0.4, 0.5) is 17.1 Å². The summed E-state index contributed by atoms with van der Waals surface area (Å²) in [5, 5.41) is 7.60. The molecule has 10 aromatic rings. The summed E-state index contributed by atoms with van der Waals surface area (Å²) in [7, 11) is 0. The van der Waals surface area contributed by atoms with Crippen LogP contribution in [0.1, 0.15) is 0 Å². The molecule has 3 heteroatoms. The van der Waals surface area contributed by atoms with Gasteiger partial charge in [0.25, 0.3) is 0 Å². The van der Waals surface area contributed by atoms with Gasteiger partial charge in [-0.05, 0) is 76.5 Å². The number of benzene rings is 8. The van der Waals surface area contributed by atoms with Gasteiger partial charge in [-0.15, -0.1) is 11.3 Å². The summed E-state index contributed by atoms with van der Waals surface area (Å²) < 4.78 is 5.00. The van der Waals surface area contributed by atoms with Crippen LogP contribution >= 0.6 is 11.3 Å². The zero-order chi connectivity index (χ0) is 32.3. The number of hydrogen-bond donors (Lipinski definition) is 0. The number of aromatic nitrogens is 1. The van der Waals surface area contributed by atoms with E-state index in [2.05, 4.69) is 191 Å². The van der Waals surface area contributed by atoms with Gasteiger partial charge in [0.15, 0.2) is 0 Å². The van der Waals surface area contributed by atoms with E-state index in [0.29, 0.717) is 0 Å². The highest BCUT2D eigenvalue weighted by atomic mass is 32.1. The first-order valence-corrected chi connectivity index (χ1v) is 17.5. The molecule has 10 rings (SSSR count). The second-order valence-corrected chi connectivity index (χ2v) is 13.6. The molecule has 0 amide bonds. The van der Waals surface area contributed by atoms with Gasteiger partial charge in [0.2, 0.25) is 0 Å². The zero-order valence-corrected chi connectivity index (χ0v) is 27.4. The maximum Gasteiger partial charge on any atom is 0.0661 e. The first-order chi connectivity index (χ1) is 24.3. The Kier molecular flexibility index (Phi) is 6.39. The van der Waals surface area contributed by atoms with Crippen LogP contribution in [0.2, 0.25) is 0 Å². The van der Waals surface area contributed by atoms with Gasteiger partial charge in [-0.3, -0.25) is 0 Å². The Bertz CT molecular complexity index is 2770. The third kappa shape index (κ3) is 4.47. The Morgan fingerprint density at radius 2 is 1.02 bits per heavy atom. The minimum Gasteiger partial charge on any atom is -0.309 e. The van der Waals surface area contributed by atoms with Gasteiger partial charge in [0, 0.05) is 43.3 Å². The molecule has 8 aromatic carbocycles. The molecule has 0 bridgehead atoms. The number of para-hydroxylation sites is 3. The molecule has 0 saturated heterocycles. The minimum atomic E-state index is 1.12. The number of hydrogen-bond acceptors (Lipinski definition) is 2. The molecular formula is C46H30N2S. The number of fused-ring (bicyclic) bond motifs is 7. The van der Waals surface area contributed by atoms with Gasteiger partial charge < -0.3 is 9.47 Å². The standard InChI is InChI=1S/C46H30N2S/c1-2-15-33(16-3-1)47(34-27-25-32(26-28-34)37-21-12-14-31-13-4-5-17-36(31)37)44-30-35(29-41-40-20-8-11-24-45(40)49-46(41)44)48-42-22-9-6-18-38(42)39-19-7-10-23-43(39)48/h1-30H. The largest absolute Gasteiger partial charge is 0.309 e. The summed E-state index contributed by atoms with van der Waals surface area (Å²) >= 11 is 1.87. The molecule has 0 aliphatic carbocycles. The Labute approximate surface area is 288 Å². The van der Waals surface area contributed by atoms with Gasteiger partial charge in [-0.25, -0.2) is 0 Å². The van der Waals surface area contributed by atoms with E-state index in [4.69, 9.17) is 0 Å². The van der Waals surface area contributed by atoms with E-state index in [1.807, 2.05) is 11.3 Å². The van der Waals surface area contributed by atoms with Crippen molar-refractivity contribution in [3.63, 3.8) is 0 Å². The fourth-order valence-corrected chi connectivity index (χ4v) is 8.75. The Hall–Kier alpha value is -6.16. The first kappa shape index (κ1) is 27.9. The highest BCUT2D eigenvalue weighted by Crippen LogP contribution is 2.47. The smallest absolute Gasteiger partial charge is 0.0661 e. The van der Waals surface area contributed by atoms with Crippen molar-refractivity contribution in [2.75, 3.05) is 4.90 Å². The van der Waals surface area contributed by atoms with Gasteiger partial charge in [0.05, 0.1) is 21.4 Å². The third-order valence-electron chi connectivity index (χ3n) is 9.76. The predicted octanol–water partition coefficient (Wildman–Crippen LogP) is 13.4. The van der Waals surface area contributed by atoms with E-state index in [0.717, 1.165) is 17.1 Å². The number of rotatable bonds is 5. The monoisotopic (exact) mass is 642 g/mol. The second kappa shape index (κ2) is 11.2. The zero-order valence-electron chi connectivity index (χ0n) is 26.6. The average Bonchev–Trinajstić information content (AvgIpc) is 3.71. The van der Waals surface area contributed by atoms with Gasteiger partial charge in [-0.2, -0.15) is 0 Å². The summed E-state index contributed by atoms with van der Waals surface area (Å²) in [5.41, 5.74) is 9.43. The van der Waals surface area contributed by atoms with E-state index in [1.54, 1.807) is 0 Å². The predicted molar refractivity (Wildman–Crippen MR) is 211 cm³/mol. The van der Waals surface area contributed by atoms with E-state index < -0.39 is 0 Å². The molecular weight excluding hydrogens is 613 g/mol. The minimum absolute atomic E-state index is 1.12. The number of thiophene rings is 1. The van der Waals surface area contributed by atoms with Crippen LogP contribution in [0.5, 0.6) is 0 Å². The number of anilines is 3. The molecule has 230 valence electrons. The molecule has 0 aliphatic rings. The third-order valence-corrected chi connectivity index (χ3v) is 11.0. The van der Waals surface area contributed by atoms with Crippen molar-refractivity contribution in [2.24, 2.45) is 0 Å². The van der Waals surface area contributed by atoms with Gasteiger partial charge in [-0.1, -0.05) is 127 Å². The number of nitrogens with zero attached hydrogens (tertiary/aromatic N) is 2. The lowest BCUT2D eigenvalue weighted by Gasteiger charge is -2.27. The van der Waals surface area contributed by atoms with Crippen molar-refractivity contribution in [3.8, 4) is 16.8 Å². The van der Waals surface area contributed by atoms with Crippen molar-refractivity contribution in [3.05, 3.63) is 182 Å². The normalized spacial score (nSPS) is 11.7. The van der Waals surface area contributed by atoms with Crippen LogP contribution < -0.4 is 4.90 Å². The van der Waals surface area contributed by atoms with Crippen molar-refractivity contribution in [1.29, 1.82) is 0 Å². The molecule has 0 fully saturated rings. The molecule has 0 aliphatic heterocycles. The Morgan fingerprint density at radius 3 is 1.78 bits per heavy atom. The summed E-state index contributed by atoms with van der Waals surface area (Å²) in [5.74, 6) is 0. The molecule has 49 heavy (non-hydrogen) atoms. The van der Waals surface area contributed by atoms with Crippen LogP contribution in [0.25, 0.3) is 69.6 Å². The molecule has 0 atom stereocenters. The van der Waals surface area contributed by atoms with Crippen molar-refractivity contribution in [2.45, 2.75) is 0 Å². The second-order valence-electron chi connectivity index (χ2n) is 12.6. The van der Waals surface area contributed by atoms with E-state index in [-0.39, 0.29) is 0 Å². The Morgan fingerprint density at radius 1 is 0.429 bits per heavy atom. The maximum atomic E-state index is 2.44. The summed E-state index contributed by atoms with van der Waals surface area (Å²) in [6.07, 6.45) is 0. The van der Waals surface area contributed by atoms with Crippen molar-refractivity contribution < 1.29 is 0 Å². The average molecular weight is 643 g/mol. The lowest BCUT2D eigenvalue weighted by Crippen LogP contribution is -2.10. The summed E-state index contributed by atoms with van der Waals surface area (Å²) in [4.78, 5) is 2.43. The Balaban J connectivity index is 1.24. The quantitative estimate of drug-likeness (QED) is 0.181. The van der Waals surface area contributed by atoms with Gasteiger partial charge >= 0.3 is 0 Å². The highest BCUT2D eigenvalue weighted by molar-refractivity contribution is 7.26. The molecule has 2 nitrogen and oxygen atoms in total.